The molecular weight excluding hydrogens is 234 g/mol. The van der Waals surface area contributed by atoms with E-state index in [2.05, 4.69) is 4.72 Å². The maximum atomic E-state index is 11.5. The first kappa shape index (κ1) is 12.3. The van der Waals surface area contributed by atoms with Crippen molar-refractivity contribution in [2.24, 2.45) is 0 Å². The smallest absolute Gasteiger partial charge is 0.232 e. The third-order valence-corrected chi connectivity index (χ3v) is 3.47. The molecule has 0 aromatic heterocycles. The van der Waals surface area contributed by atoms with Crippen LogP contribution in [0.2, 0.25) is 5.02 Å². The molecule has 3 nitrogen and oxygen atoms in total. The highest BCUT2D eigenvalue weighted by Gasteiger charge is 2.09. The molecule has 5 heteroatoms. The molecule has 0 fully saturated rings. The average molecular weight is 248 g/mol. The number of sulfonamides is 1. The first-order valence-electron chi connectivity index (χ1n) is 4.79. The van der Waals surface area contributed by atoms with E-state index in [0.29, 0.717) is 17.1 Å². The average Bonchev–Trinajstić information content (AvgIpc) is 2.14. The van der Waals surface area contributed by atoms with Crippen molar-refractivity contribution in [3.8, 4) is 0 Å². The summed E-state index contributed by atoms with van der Waals surface area (Å²) in [4.78, 5) is 0. The lowest BCUT2D eigenvalue weighted by atomic mass is 10.3. The van der Waals surface area contributed by atoms with Crippen LogP contribution >= 0.6 is 11.6 Å². The van der Waals surface area contributed by atoms with Crippen LogP contribution in [0, 0.1) is 0 Å². The Hall–Kier alpha value is -0.740. The molecule has 0 saturated carbocycles. The zero-order valence-corrected chi connectivity index (χ0v) is 10.1. The molecule has 0 heterocycles. The predicted molar refractivity (Wildman–Crippen MR) is 63.8 cm³/mol. The fourth-order valence-corrected chi connectivity index (χ4v) is 2.56. The van der Waals surface area contributed by atoms with Gasteiger partial charge in [0, 0.05) is 10.7 Å². The zero-order valence-electron chi connectivity index (χ0n) is 8.53. The second-order valence-corrected chi connectivity index (χ2v) is 5.56. The molecular formula is C10H14ClNO2S. The number of anilines is 1. The number of hydrogen-bond donors (Lipinski definition) is 1. The van der Waals surface area contributed by atoms with Crippen molar-refractivity contribution in [3.05, 3.63) is 29.3 Å². The molecule has 0 aliphatic rings. The number of unbranched alkanes of at least 4 members (excludes halogenated alkanes) is 1. The Labute approximate surface area is 95.5 Å². The fourth-order valence-electron chi connectivity index (χ4n) is 1.12. The Balaban J connectivity index is 2.69. The van der Waals surface area contributed by atoms with Crippen LogP contribution in [0.3, 0.4) is 0 Å². The number of halogens is 1. The number of nitrogens with one attached hydrogen (secondary N) is 1. The van der Waals surface area contributed by atoms with Gasteiger partial charge in [-0.05, 0) is 24.6 Å². The fraction of sp³-hybridized carbons (Fsp3) is 0.400. The summed E-state index contributed by atoms with van der Waals surface area (Å²) in [5.41, 5.74) is 0.513. The van der Waals surface area contributed by atoms with Crippen LogP contribution in [0.1, 0.15) is 19.8 Å². The summed E-state index contributed by atoms with van der Waals surface area (Å²) in [6, 6.07) is 6.67. The van der Waals surface area contributed by atoms with Gasteiger partial charge >= 0.3 is 0 Å². The maximum absolute atomic E-state index is 11.5. The van der Waals surface area contributed by atoms with Gasteiger partial charge in [-0.3, -0.25) is 4.72 Å². The highest BCUT2D eigenvalue weighted by molar-refractivity contribution is 7.92. The quantitative estimate of drug-likeness (QED) is 0.870. The zero-order chi connectivity index (χ0) is 11.3. The molecule has 0 saturated heterocycles. The van der Waals surface area contributed by atoms with Crippen LogP contribution in [0.5, 0.6) is 0 Å². The summed E-state index contributed by atoms with van der Waals surface area (Å²) >= 11 is 5.74. The third kappa shape index (κ3) is 4.53. The first-order chi connectivity index (χ1) is 7.03. The molecule has 0 bridgehead atoms. The number of hydrogen-bond acceptors (Lipinski definition) is 2. The summed E-state index contributed by atoms with van der Waals surface area (Å²) in [7, 11) is -3.22. The molecule has 1 aromatic carbocycles. The lowest BCUT2D eigenvalue weighted by Gasteiger charge is -2.07. The van der Waals surface area contributed by atoms with Crippen LogP contribution in [0.25, 0.3) is 0 Å². The molecule has 0 spiro atoms. The van der Waals surface area contributed by atoms with E-state index in [9.17, 15) is 8.42 Å². The Morgan fingerprint density at radius 2 is 2.13 bits per heavy atom. The summed E-state index contributed by atoms with van der Waals surface area (Å²) in [6.45, 7) is 1.95. The highest BCUT2D eigenvalue weighted by atomic mass is 35.5. The van der Waals surface area contributed by atoms with Crippen LogP contribution < -0.4 is 4.72 Å². The minimum Gasteiger partial charge on any atom is -0.284 e. The van der Waals surface area contributed by atoms with Crippen molar-refractivity contribution >= 4 is 27.3 Å². The molecule has 0 aliphatic heterocycles. The van der Waals surface area contributed by atoms with Crippen LogP contribution in [-0.4, -0.2) is 14.2 Å². The van der Waals surface area contributed by atoms with Crippen molar-refractivity contribution in [1.29, 1.82) is 0 Å². The van der Waals surface area contributed by atoms with E-state index in [4.69, 9.17) is 11.6 Å². The molecule has 15 heavy (non-hydrogen) atoms. The lowest BCUT2D eigenvalue weighted by molar-refractivity contribution is 0.598. The molecule has 84 valence electrons. The van der Waals surface area contributed by atoms with Gasteiger partial charge in [0.2, 0.25) is 10.0 Å². The summed E-state index contributed by atoms with van der Waals surface area (Å²) in [6.07, 6.45) is 1.52. The van der Waals surface area contributed by atoms with Crippen molar-refractivity contribution in [2.45, 2.75) is 19.8 Å². The Morgan fingerprint density at radius 3 is 2.73 bits per heavy atom. The topological polar surface area (TPSA) is 46.2 Å². The van der Waals surface area contributed by atoms with E-state index in [1.165, 1.54) is 0 Å². The van der Waals surface area contributed by atoms with Crippen LogP contribution in [0.15, 0.2) is 24.3 Å². The van der Waals surface area contributed by atoms with Gasteiger partial charge in [-0.1, -0.05) is 31.0 Å². The molecule has 1 rings (SSSR count). The van der Waals surface area contributed by atoms with Gasteiger partial charge in [-0.15, -0.1) is 0 Å². The third-order valence-electron chi connectivity index (χ3n) is 1.86. The van der Waals surface area contributed by atoms with E-state index in [-0.39, 0.29) is 5.75 Å². The van der Waals surface area contributed by atoms with Crippen molar-refractivity contribution in [2.75, 3.05) is 10.5 Å². The molecule has 0 atom stereocenters. The minimum atomic E-state index is -3.22. The van der Waals surface area contributed by atoms with Crippen LogP contribution in [-0.2, 0) is 10.0 Å². The highest BCUT2D eigenvalue weighted by Crippen LogP contribution is 2.16. The van der Waals surface area contributed by atoms with Crippen molar-refractivity contribution in [3.63, 3.8) is 0 Å². The monoisotopic (exact) mass is 247 g/mol. The standard InChI is InChI=1S/C10H14ClNO2S/c1-2-3-7-15(13,14)12-10-6-4-5-9(11)8-10/h4-6,8,12H,2-3,7H2,1H3. The summed E-state index contributed by atoms with van der Waals surface area (Å²) in [5, 5.41) is 0.519. The lowest BCUT2D eigenvalue weighted by Crippen LogP contribution is -2.16. The summed E-state index contributed by atoms with van der Waals surface area (Å²) < 4.78 is 25.5. The van der Waals surface area contributed by atoms with E-state index in [1.807, 2.05) is 6.92 Å². The van der Waals surface area contributed by atoms with E-state index >= 15 is 0 Å². The molecule has 1 N–H and O–H groups in total. The molecule has 0 aliphatic carbocycles. The number of benzene rings is 1. The van der Waals surface area contributed by atoms with Crippen molar-refractivity contribution < 1.29 is 8.42 Å². The Bertz CT molecular complexity index is 417. The number of rotatable bonds is 5. The van der Waals surface area contributed by atoms with Gasteiger partial charge in [0.05, 0.1) is 5.75 Å². The van der Waals surface area contributed by atoms with Gasteiger partial charge < -0.3 is 0 Å². The second kappa shape index (κ2) is 5.37. The predicted octanol–water partition coefficient (Wildman–Crippen LogP) is 2.88. The first-order valence-corrected chi connectivity index (χ1v) is 6.82. The van der Waals surface area contributed by atoms with Gasteiger partial charge in [0.25, 0.3) is 0 Å². The van der Waals surface area contributed by atoms with E-state index in [1.54, 1.807) is 24.3 Å². The largest absolute Gasteiger partial charge is 0.284 e. The van der Waals surface area contributed by atoms with Crippen LogP contribution in [0.4, 0.5) is 5.69 Å². The SMILES string of the molecule is CCCCS(=O)(=O)Nc1cccc(Cl)c1. The summed E-state index contributed by atoms with van der Waals surface area (Å²) in [5.74, 6) is 0.149. The molecule has 0 amide bonds. The van der Waals surface area contributed by atoms with Gasteiger partial charge in [0.15, 0.2) is 0 Å². The normalized spacial score (nSPS) is 11.3. The van der Waals surface area contributed by atoms with Gasteiger partial charge in [-0.25, -0.2) is 8.42 Å². The van der Waals surface area contributed by atoms with Gasteiger partial charge in [0.1, 0.15) is 0 Å². The van der Waals surface area contributed by atoms with E-state index in [0.717, 1.165) is 6.42 Å². The maximum Gasteiger partial charge on any atom is 0.232 e. The van der Waals surface area contributed by atoms with Gasteiger partial charge in [-0.2, -0.15) is 0 Å². The minimum absolute atomic E-state index is 0.149. The molecule has 0 radical (unpaired) electrons. The van der Waals surface area contributed by atoms with Crippen molar-refractivity contribution in [1.82, 2.24) is 0 Å². The molecule has 0 unspecified atom stereocenters. The Kier molecular flexibility index (Phi) is 4.42. The van der Waals surface area contributed by atoms with E-state index < -0.39 is 10.0 Å². The Morgan fingerprint density at radius 1 is 1.40 bits per heavy atom. The molecule has 1 aromatic rings. The second-order valence-electron chi connectivity index (χ2n) is 3.28.